The molecular formula is C15H26N2O3S. The molecule has 0 aromatic heterocycles. The Balaban J connectivity index is 2.99. The zero-order valence-electron chi connectivity index (χ0n) is 12.9. The van der Waals surface area contributed by atoms with Crippen LogP contribution >= 0.6 is 0 Å². The van der Waals surface area contributed by atoms with Crippen LogP contribution in [-0.2, 0) is 10.0 Å². The number of aliphatic hydroxyl groups excluding tert-OH is 1. The van der Waals surface area contributed by atoms with Crippen molar-refractivity contribution in [3.63, 3.8) is 0 Å². The fourth-order valence-electron chi connectivity index (χ4n) is 2.34. The maximum Gasteiger partial charge on any atom is 0.245 e. The average molecular weight is 314 g/mol. The number of nitrogens with zero attached hydrogens (tertiary/aromatic N) is 1. The van der Waals surface area contributed by atoms with Crippen LogP contribution in [0.5, 0.6) is 0 Å². The maximum absolute atomic E-state index is 12.8. The topological polar surface area (TPSA) is 83.6 Å². The highest BCUT2D eigenvalue weighted by Crippen LogP contribution is 2.26. The van der Waals surface area contributed by atoms with Crippen molar-refractivity contribution in [1.29, 1.82) is 0 Å². The number of hydrogen-bond acceptors (Lipinski definition) is 4. The van der Waals surface area contributed by atoms with Crippen LogP contribution in [0.1, 0.15) is 38.2 Å². The first kappa shape index (κ1) is 17.9. The second-order valence-electron chi connectivity index (χ2n) is 5.18. The van der Waals surface area contributed by atoms with Crippen LogP contribution in [0.2, 0.25) is 0 Å². The Hall–Kier alpha value is -1.11. The molecule has 0 unspecified atom stereocenters. The molecule has 0 bridgehead atoms. The van der Waals surface area contributed by atoms with Crippen LogP contribution in [0.3, 0.4) is 0 Å². The Morgan fingerprint density at radius 2 is 1.90 bits per heavy atom. The minimum absolute atomic E-state index is 0.0994. The monoisotopic (exact) mass is 314 g/mol. The number of nitrogens with two attached hydrogens (primary N) is 1. The molecule has 0 heterocycles. The second kappa shape index (κ2) is 8.36. The quantitative estimate of drug-likeness (QED) is 0.540. The Kier molecular flexibility index (Phi) is 7.14. The van der Waals surface area contributed by atoms with Gasteiger partial charge in [0.1, 0.15) is 4.90 Å². The van der Waals surface area contributed by atoms with Crippen molar-refractivity contribution in [1.82, 2.24) is 4.31 Å². The van der Waals surface area contributed by atoms with Crippen molar-refractivity contribution in [3.8, 4) is 0 Å². The lowest BCUT2D eigenvalue weighted by molar-refractivity contribution is 0.251. The predicted molar refractivity (Wildman–Crippen MR) is 85.6 cm³/mol. The van der Waals surface area contributed by atoms with Crippen molar-refractivity contribution < 1.29 is 13.5 Å². The first-order valence-electron chi connectivity index (χ1n) is 7.41. The number of benzene rings is 1. The maximum atomic E-state index is 12.8. The van der Waals surface area contributed by atoms with Gasteiger partial charge in [-0.25, -0.2) is 8.42 Å². The van der Waals surface area contributed by atoms with Gasteiger partial charge in [-0.05, 0) is 25.0 Å². The highest BCUT2D eigenvalue weighted by Gasteiger charge is 2.27. The summed E-state index contributed by atoms with van der Waals surface area (Å²) in [6.45, 7) is 4.16. The van der Waals surface area contributed by atoms with E-state index in [-0.39, 0.29) is 23.7 Å². The molecule has 0 atom stereocenters. The van der Waals surface area contributed by atoms with Gasteiger partial charge < -0.3 is 10.8 Å². The molecule has 0 spiro atoms. The Morgan fingerprint density at radius 1 is 1.19 bits per heavy atom. The summed E-state index contributed by atoms with van der Waals surface area (Å²) in [4.78, 5) is 0.161. The number of anilines is 1. The van der Waals surface area contributed by atoms with E-state index in [1.807, 2.05) is 0 Å². The lowest BCUT2D eigenvalue weighted by atomic mass is 10.2. The molecule has 0 radical (unpaired) electrons. The average Bonchev–Trinajstić information content (AvgIpc) is 2.41. The van der Waals surface area contributed by atoms with Crippen LogP contribution in [0.15, 0.2) is 23.1 Å². The molecule has 0 aliphatic rings. The van der Waals surface area contributed by atoms with Crippen LogP contribution in [0, 0.1) is 6.92 Å². The van der Waals surface area contributed by atoms with Crippen molar-refractivity contribution in [2.75, 3.05) is 25.4 Å². The van der Waals surface area contributed by atoms with Gasteiger partial charge >= 0.3 is 0 Å². The lowest BCUT2D eigenvalue weighted by Crippen LogP contribution is -2.35. The van der Waals surface area contributed by atoms with Crippen molar-refractivity contribution in [2.45, 2.75) is 44.4 Å². The molecule has 1 aromatic carbocycles. The van der Waals surface area contributed by atoms with Gasteiger partial charge in [0.15, 0.2) is 0 Å². The van der Waals surface area contributed by atoms with E-state index in [1.165, 1.54) is 4.31 Å². The number of unbranched alkanes of at least 4 members (excludes halogenated alkanes) is 3. The highest BCUT2D eigenvalue weighted by molar-refractivity contribution is 7.89. The predicted octanol–water partition coefficient (Wildman–Crippen LogP) is 2.14. The summed E-state index contributed by atoms with van der Waals surface area (Å²) in [5.74, 6) is 0. The molecule has 0 saturated carbocycles. The molecule has 0 fully saturated rings. The van der Waals surface area contributed by atoms with Gasteiger partial charge in [-0.3, -0.25) is 0 Å². The molecule has 0 aliphatic heterocycles. The van der Waals surface area contributed by atoms with E-state index in [2.05, 4.69) is 6.92 Å². The highest BCUT2D eigenvalue weighted by atomic mass is 32.2. The third kappa shape index (κ3) is 4.69. The lowest BCUT2D eigenvalue weighted by Gasteiger charge is -2.23. The van der Waals surface area contributed by atoms with E-state index in [0.29, 0.717) is 12.1 Å². The standard InChI is InChI=1S/C15H26N2O3S/c1-3-4-5-6-10-17(11-12-18)21(19,20)15-13(2)8-7-9-14(15)16/h7-9,18H,3-6,10-12,16H2,1-2H3. The molecule has 5 nitrogen and oxygen atoms in total. The van der Waals surface area contributed by atoms with Gasteiger partial charge in [0.25, 0.3) is 0 Å². The van der Waals surface area contributed by atoms with Crippen molar-refractivity contribution in [3.05, 3.63) is 23.8 Å². The second-order valence-corrected chi connectivity index (χ2v) is 7.06. The fourth-order valence-corrected chi connectivity index (χ4v) is 4.13. The normalized spacial score (nSPS) is 12.0. The zero-order valence-corrected chi connectivity index (χ0v) is 13.7. The first-order chi connectivity index (χ1) is 9.95. The zero-order chi connectivity index (χ0) is 15.9. The minimum Gasteiger partial charge on any atom is -0.398 e. The summed E-state index contributed by atoms with van der Waals surface area (Å²) in [7, 11) is -3.66. The van der Waals surface area contributed by atoms with Crippen LogP contribution < -0.4 is 5.73 Å². The van der Waals surface area contributed by atoms with E-state index in [9.17, 15) is 8.42 Å². The van der Waals surface area contributed by atoms with E-state index >= 15 is 0 Å². The van der Waals surface area contributed by atoms with Crippen molar-refractivity contribution >= 4 is 15.7 Å². The summed E-state index contributed by atoms with van der Waals surface area (Å²) in [6.07, 6.45) is 3.95. The summed E-state index contributed by atoms with van der Waals surface area (Å²) in [5.41, 5.74) is 6.74. The Bertz CT molecular complexity index is 524. The number of rotatable bonds is 9. The number of aryl methyl sites for hydroxylation is 1. The minimum atomic E-state index is -3.66. The molecule has 0 amide bonds. The summed E-state index contributed by atoms with van der Waals surface area (Å²) >= 11 is 0. The number of aliphatic hydroxyl groups is 1. The summed E-state index contributed by atoms with van der Waals surface area (Å²) in [5, 5.41) is 9.15. The van der Waals surface area contributed by atoms with E-state index < -0.39 is 10.0 Å². The molecule has 1 rings (SSSR count). The van der Waals surface area contributed by atoms with Crippen LogP contribution in [0.25, 0.3) is 0 Å². The van der Waals surface area contributed by atoms with Crippen LogP contribution in [-0.4, -0.2) is 37.5 Å². The molecular weight excluding hydrogens is 288 g/mol. The third-order valence-electron chi connectivity index (χ3n) is 3.45. The first-order valence-corrected chi connectivity index (χ1v) is 8.85. The van der Waals surface area contributed by atoms with Gasteiger partial charge in [-0.2, -0.15) is 4.31 Å². The van der Waals surface area contributed by atoms with Gasteiger partial charge in [0.2, 0.25) is 10.0 Å². The third-order valence-corrected chi connectivity index (χ3v) is 5.57. The Morgan fingerprint density at radius 3 is 2.48 bits per heavy atom. The number of sulfonamides is 1. The Labute approximate surface area is 127 Å². The van der Waals surface area contributed by atoms with Gasteiger partial charge in [-0.1, -0.05) is 38.3 Å². The van der Waals surface area contributed by atoms with E-state index in [1.54, 1.807) is 25.1 Å². The summed E-state index contributed by atoms with van der Waals surface area (Å²) < 4.78 is 26.9. The van der Waals surface area contributed by atoms with Gasteiger partial charge in [0, 0.05) is 13.1 Å². The van der Waals surface area contributed by atoms with Crippen LogP contribution in [0.4, 0.5) is 5.69 Å². The molecule has 0 saturated heterocycles. The SMILES string of the molecule is CCCCCCN(CCO)S(=O)(=O)c1c(C)cccc1N. The smallest absolute Gasteiger partial charge is 0.245 e. The van der Waals surface area contributed by atoms with Crippen molar-refractivity contribution in [2.24, 2.45) is 0 Å². The van der Waals surface area contributed by atoms with Gasteiger partial charge in [-0.15, -0.1) is 0 Å². The summed E-state index contributed by atoms with van der Waals surface area (Å²) in [6, 6.07) is 5.06. The molecule has 3 N–H and O–H groups in total. The van der Waals surface area contributed by atoms with Gasteiger partial charge in [0.05, 0.1) is 12.3 Å². The van der Waals surface area contributed by atoms with E-state index in [4.69, 9.17) is 10.8 Å². The number of hydrogen-bond donors (Lipinski definition) is 2. The molecule has 120 valence electrons. The van der Waals surface area contributed by atoms with E-state index in [0.717, 1.165) is 25.7 Å². The molecule has 1 aromatic rings. The fraction of sp³-hybridized carbons (Fsp3) is 0.600. The molecule has 0 aliphatic carbocycles. The molecule has 21 heavy (non-hydrogen) atoms. The molecule has 6 heteroatoms. The number of nitrogen functional groups attached to an aromatic ring is 1. The largest absolute Gasteiger partial charge is 0.398 e.